The molecule has 6 nitrogen and oxygen atoms in total. The maximum absolute atomic E-state index is 12.5. The lowest BCUT2D eigenvalue weighted by atomic mass is 10.1. The van der Waals surface area contributed by atoms with Crippen molar-refractivity contribution < 1.29 is 14.3 Å². The van der Waals surface area contributed by atoms with Crippen LogP contribution >= 0.6 is 81.4 Å². The summed E-state index contributed by atoms with van der Waals surface area (Å²) in [6, 6.07) is 35.1. The Morgan fingerprint density at radius 1 is 0.617 bits per heavy atom. The molecule has 1 heterocycles. The molecule has 0 radical (unpaired) electrons. The van der Waals surface area contributed by atoms with Gasteiger partial charge in [0.25, 0.3) is 0 Å². The number of halogens is 6. The molecule has 0 aliphatic rings. The number of benzene rings is 4. The number of nitrogens with zero attached hydrogens (tertiary/aromatic N) is 3. The smallest absolute Gasteiger partial charge is 0.342 e. The molecule has 5 aromatic rings. The Morgan fingerprint density at radius 2 is 1.09 bits per heavy atom. The van der Waals surface area contributed by atoms with Crippen LogP contribution in [0.25, 0.3) is 11.4 Å². The number of carbonyl (C=O) groups excluding carboxylic acids is 2. The number of ether oxygens (including phenoxy) is 1. The Morgan fingerprint density at radius 3 is 1.60 bits per heavy atom. The van der Waals surface area contributed by atoms with Crippen molar-refractivity contribution in [3.8, 4) is 11.4 Å². The van der Waals surface area contributed by atoms with Gasteiger partial charge in [-0.2, -0.15) is 0 Å². The van der Waals surface area contributed by atoms with Crippen LogP contribution in [-0.2, 0) is 12.3 Å². The zero-order valence-electron chi connectivity index (χ0n) is 24.3. The van der Waals surface area contributed by atoms with Gasteiger partial charge >= 0.3 is 5.97 Å². The first-order valence-corrected chi connectivity index (χ1v) is 16.7. The molecule has 0 unspecified atom stereocenters. The highest BCUT2D eigenvalue weighted by atomic mass is 35.6. The highest BCUT2D eigenvalue weighted by Crippen LogP contribution is 2.40. The molecule has 0 spiro atoms. The molecule has 47 heavy (non-hydrogen) atoms. The normalized spacial score (nSPS) is 11.7. The van der Waals surface area contributed by atoms with Crippen LogP contribution < -0.4 is 0 Å². The Balaban J connectivity index is 0.000000223. The first kappa shape index (κ1) is 36.7. The molecular weight excluding hydrogens is 743 g/mol. The second-order valence-electron chi connectivity index (χ2n) is 9.51. The summed E-state index contributed by atoms with van der Waals surface area (Å²) in [5, 5.41) is 0. The summed E-state index contributed by atoms with van der Waals surface area (Å²) in [7, 11) is 0. The highest BCUT2D eigenvalue weighted by molar-refractivity contribution is 7.99. The van der Waals surface area contributed by atoms with Crippen molar-refractivity contribution in [3.63, 3.8) is 0 Å². The van der Waals surface area contributed by atoms with E-state index in [1.807, 2.05) is 66.7 Å². The molecule has 0 aliphatic carbocycles. The van der Waals surface area contributed by atoms with Gasteiger partial charge in [0.15, 0.2) is 23.3 Å². The van der Waals surface area contributed by atoms with E-state index < -0.39 is 13.6 Å². The van der Waals surface area contributed by atoms with Gasteiger partial charge in [-0.25, -0.2) is 19.7 Å². The predicted octanol–water partition coefficient (Wildman–Crippen LogP) is 11.0. The van der Waals surface area contributed by atoms with Crippen molar-refractivity contribution in [2.45, 2.75) is 24.3 Å². The number of carbonyl (C=O) groups is 2. The van der Waals surface area contributed by atoms with E-state index in [-0.39, 0.29) is 23.3 Å². The van der Waals surface area contributed by atoms with Gasteiger partial charge in [0.2, 0.25) is 7.59 Å². The number of allylic oxidation sites excluding steroid dienone is 1. The Bertz CT molecular complexity index is 1800. The van der Waals surface area contributed by atoms with Crippen LogP contribution in [0.1, 0.15) is 39.3 Å². The minimum Gasteiger partial charge on any atom is -0.430 e. The molecule has 0 fully saturated rings. The van der Waals surface area contributed by atoms with Crippen molar-refractivity contribution in [1.82, 2.24) is 15.0 Å². The van der Waals surface area contributed by atoms with Gasteiger partial charge in [-0.05, 0) is 55.5 Å². The number of hydrogen-bond donors (Lipinski definition) is 0. The third-order valence-corrected chi connectivity index (χ3v) is 8.01. The topological polar surface area (TPSA) is 82.0 Å². The summed E-state index contributed by atoms with van der Waals surface area (Å²) in [6.45, 7) is 1.63. The van der Waals surface area contributed by atoms with E-state index in [4.69, 9.17) is 74.3 Å². The zero-order chi connectivity index (χ0) is 34.0. The number of ketones is 1. The fraction of sp³-hybridized carbons (Fsp3) is 0.0882. The number of rotatable bonds is 7. The van der Waals surface area contributed by atoms with Crippen LogP contribution in [0.3, 0.4) is 0 Å². The highest BCUT2D eigenvalue weighted by Gasteiger charge is 2.34. The Hall–Kier alpha value is -3.14. The molecule has 1 aromatic heterocycles. The molecule has 4 aromatic carbocycles. The summed E-state index contributed by atoms with van der Waals surface area (Å²) in [5.41, 5.74) is 2.04. The van der Waals surface area contributed by atoms with Crippen LogP contribution in [0.15, 0.2) is 137 Å². The van der Waals surface area contributed by atoms with Gasteiger partial charge in [-0.1, -0.05) is 148 Å². The third-order valence-electron chi connectivity index (χ3n) is 5.98. The summed E-state index contributed by atoms with van der Waals surface area (Å²) in [5.74, 6) is -0.636. The molecule has 13 heteroatoms. The molecule has 0 aliphatic heterocycles. The maximum atomic E-state index is 12.5. The quantitative estimate of drug-likeness (QED) is 0.0536. The zero-order valence-corrected chi connectivity index (χ0v) is 29.6. The molecule has 0 amide bonds. The van der Waals surface area contributed by atoms with Crippen LogP contribution in [0.4, 0.5) is 0 Å². The lowest BCUT2D eigenvalue weighted by Crippen LogP contribution is -2.16. The molecule has 0 saturated heterocycles. The van der Waals surface area contributed by atoms with E-state index in [1.165, 1.54) is 6.26 Å². The number of hydrogen-bond acceptors (Lipinski definition) is 7. The van der Waals surface area contributed by atoms with E-state index in [0.717, 1.165) is 9.79 Å². The van der Waals surface area contributed by atoms with Crippen LogP contribution in [0.5, 0.6) is 0 Å². The average Bonchev–Trinajstić information content (AvgIpc) is 3.07. The molecule has 0 saturated carbocycles. The number of aromatic nitrogens is 3. The standard InChI is InChI=1S/C23H18O3S.C11H5Cl6N3/c1-17(16-26-23(25)19-8-4-2-5-9-19)22(24)18-12-14-21(15-13-18)27-20-10-6-3-7-11-20;12-10(13,14)8-18-7(6-4-2-1-3-5-6)19-9(20-8)11(15,16)17/h2-16H,1H3;1-5H/b17-16+;. The summed E-state index contributed by atoms with van der Waals surface area (Å²) >= 11 is 36.4. The van der Waals surface area contributed by atoms with Gasteiger partial charge in [0.1, 0.15) is 6.26 Å². The van der Waals surface area contributed by atoms with E-state index in [0.29, 0.717) is 22.3 Å². The minimum absolute atomic E-state index is 0.113. The molecule has 0 atom stereocenters. The lowest BCUT2D eigenvalue weighted by molar-refractivity contribution is 0.0660. The van der Waals surface area contributed by atoms with E-state index in [9.17, 15) is 9.59 Å². The maximum Gasteiger partial charge on any atom is 0.342 e. The summed E-state index contributed by atoms with van der Waals surface area (Å²) in [4.78, 5) is 38.7. The van der Waals surface area contributed by atoms with Crippen molar-refractivity contribution >= 4 is 93.1 Å². The Labute approximate surface area is 306 Å². The van der Waals surface area contributed by atoms with Crippen molar-refractivity contribution in [2.24, 2.45) is 0 Å². The number of Topliss-reactive ketones (excluding diaryl/α,β-unsaturated/α-hetero) is 1. The van der Waals surface area contributed by atoms with Crippen molar-refractivity contribution in [1.29, 1.82) is 0 Å². The number of alkyl halides is 6. The fourth-order valence-corrected chi connectivity index (χ4v) is 5.05. The second-order valence-corrected chi connectivity index (χ2v) is 15.2. The summed E-state index contributed by atoms with van der Waals surface area (Å²) < 4.78 is 1.41. The fourth-order valence-electron chi connectivity index (χ4n) is 3.71. The molecule has 0 bridgehead atoms. The summed E-state index contributed by atoms with van der Waals surface area (Å²) in [6.07, 6.45) is 1.21. The molecular formula is C34H23Cl6N3O3S. The van der Waals surface area contributed by atoms with E-state index >= 15 is 0 Å². The second kappa shape index (κ2) is 16.8. The lowest BCUT2D eigenvalue weighted by Gasteiger charge is -2.15. The first-order chi connectivity index (χ1) is 22.3. The first-order valence-electron chi connectivity index (χ1n) is 13.6. The SMILES string of the molecule is C/C(=C\OC(=O)c1ccccc1)C(=O)c1ccc(Sc2ccccc2)cc1.ClC(Cl)(Cl)c1nc(-c2ccccc2)nc(C(Cl)(Cl)Cl)n1. The van der Waals surface area contributed by atoms with Crippen LogP contribution in [0.2, 0.25) is 0 Å². The molecule has 0 N–H and O–H groups in total. The largest absolute Gasteiger partial charge is 0.430 e. The number of esters is 1. The van der Waals surface area contributed by atoms with Gasteiger partial charge in [0.05, 0.1) is 5.56 Å². The van der Waals surface area contributed by atoms with Gasteiger partial charge < -0.3 is 4.74 Å². The van der Waals surface area contributed by atoms with Crippen LogP contribution in [0, 0.1) is 0 Å². The third kappa shape index (κ3) is 11.2. The van der Waals surface area contributed by atoms with Gasteiger partial charge in [0, 0.05) is 26.5 Å². The monoisotopic (exact) mass is 763 g/mol. The molecule has 5 rings (SSSR count). The van der Waals surface area contributed by atoms with Gasteiger partial charge in [-0.3, -0.25) is 4.79 Å². The predicted molar refractivity (Wildman–Crippen MR) is 191 cm³/mol. The van der Waals surface area contributed by atoms with E-state index in [1.54, 1.807) is 67.2 Å². The molecule has 240 valence electrons. The van der Waals surface area contributed by atoms with Gasteiger partial charge in [-0.15, -0.1) is 0 Å². The minimum atomic E-state index is -1.85. The average molecular weight is 766 g/mol. The van der Waals surface area contributed by atoms with E-state index in [2.05, 4.69) is 15.0 Å². The van der Waals surface area contributed by atoms with Crippen molar-refractivity contribution in [2.75, 3.05) is 0 Å². The van der Waals surface area contributed by atoms with Crippen molar-refractivity contribution in [3.05, 3.63) is 150 Å². The van der Waals surface area contributed by atoms with Crippen LogP contribution in [-0.4, -0.2) is 26.7 Å². The Kier molecular flexibility index (Phi) is 13.1.